The summed E-state index contributed by atoms with van der Waals surface area (Å²) in [6.07, 6.45) is 1.41. The van der Waals surface area contributed by atoms with Crippen molar-refractivity contribution in [3.05, 3.63) is 18.9 Å². The van der Waals surface area contributed by atoms with Gasteiger partial charge < -0.3 is 20.1 Å². The molecule has 0 aliphatic carbocycles. The molecule has 0 aromatic carbocycles. The molecule has 1 radical (unpaired) electrons. The second-order valence-corrected chi connectivity index (χ2v) is 4.04. The molecule has 0 unspecified atom stereocenters. The summed E-state index contributed by atoms with van der Waals surface area (Å²) >= 11 is 0. The van der Waals surface area contributed by atoms with E-state index in [1.54, 1.807) is 0 Å². The van der Waals surface area contributed by atoms with Crippen molar-refractivity contribution in [1.82, 2.24) is 19.5 Å². The van der Waals surface area contributed by atoms with Gasteiger partial charge in [-0.25, -0.2) is 15.0 Å². The fraction of sp³-hybridized carbons (Fsp3) is 0.500. The maximum atomic E-state index is 9.90. The van der Waals surface area contributed by atoms with E-state index in [4.69, 9.17) is 9.84 Å². The van der Waals surface area contributed by atoms with Crippen LogP contribution in [-0.2, 0) is 4.74 Å². The van der Waals surface area contributed by atoms with E-state index in [1.165, 1.54) is 17.2 Å². The van der Waals surface area contributed by atoms with Crippen molar-refractivity contribution in [3.8, 4) is 0 Å². The van der Waals surface area contributed by atoms with Crippen LogP contribution < -0.4 is 0 Å². The smallest absolute Gasteiger partial charge is 0.166 e. The van der Waals surface area contributed by atoms with Crippen LogP contribution in [0.15, 0.2) is 12.7 Å². The molecule has 0 amide bonds. The first-order chi connectivity index (χ1) is 8.72. The first-order valence-electron chi connectivity index (χ1n) is 5.40. The minimum atomic E-state index is -1.16. The summed E-state index contributed by atoms with van der Waals surface area (Å²) < 4.78 is 6.87. The zero-order valence-corrected chi connectivity index (χ0v) is 9.21. The molecule has 2 aromatic rings. The maximum Gasteiger partial charge on any atom is 0.166 e. The van der Waals surface area contributed by atoms with Gasteiger partial charge in [-0.05, 0) is 0 Å². The lowest BCUT2D eigenvalue weighted by Crippen LogP contribution is -2.33. The highest BCUT2D eigenvalue weighted by atomic mass is 16.6. The lowest BCUT2D eigenvalue weighted by Gasteiger charge is -2.16. The molecule has 2 aromatic heterocycles. The SMILES string of the molecule is OC[C@H]1O[C@@H](n2cnc3[c]ncnc32)[C@H](O)[C@@H]1O. The molecule has 1 fully saturated rings. The van der Waals surface area contributed by atoms with Gasteiger partial charge in [-0.3, -0.25) is 4.57 Å². The molecular formula is C10H11N4O4. The molecule has 3 rings (SSSR count). The molecule has 1 saturated heterocycles. The Bertz CT molecular complexity index is 560. The molecule has 8 heteroatoms. The zero-order chi connectivity index (χ0) is 12.7. The van der Waals surface area contributed by atoms with Crippen LogP contribution in [0.25, 0.3) is 11.2 Å². The van der Waals surface area contributed by atoms with E-state index in [0.29, 0.717) is 11.2 Å². The number of imidazole rings is 1. The third kappa shape index (κ3) is 1.58. The molecule has 95 valence electrons. The van der Waals surface area contributed by atoms with E-state index >= 15 is 0 Å². The Labute approximate surface area is 102 Å². The second kappa shape index (κ2) is 4.25. The van der Waals surface area contributed by atoms with Crippen LogP contribution in [0.4, 0.5) is 0 Å². The van der Waals surface area contributed by atoms with E-state index in [2.05, 4.69) is 21.1 Å². The summed E-state index contributed by atoms with van der Waals surface area (Å²) in [5.74, 6) is 0. The Kier molecular flexibility index (Phi) is 2.71. The lowest BCUT2D eigenvalue weighted by molar-refractivity contribution is -0.0511. The molecule has 0 spiro atoms. The van der Waals surface area contributed by atoms with Crippen molar-refractivity contribution in [2.24, 2.45) is 0 Å². The fourth-order valence-corrected chi connectivity index (χ4v) is 2.03. The number of hydrogen-bond donors (Lipinski definition) is 3. The van der Waals surface area contributed by atoms with Gasteiger partial charge in [-0.15, -0.1) is 0 Å². The molecule has 1 aliphatic heterocycles. The normalized spacial score (nSPS) is 32.2. The number of aliphatic hydroxyl groups is 3. The molecule has 0 bridgehead atoms. The molecule has 0 saturated carbocycles. The topological polar surface area (TPSA) is 114 Å². The van der Waals surface area contributed by atoms with E-state index in [1.807, 2.05) is 0 Å². The Hall–Kier alpha value is -1.61. The second-order valence-electron chi connectivity index (χ2n) is 4.04. The maximum absolute atomic E-state index is 9.90. The monoisotopic (exact) mass is 251 g/mol. The highest BCUT2D eigenvalue weighted by Gasteiger charge is 2.43. The molecular weight excluding hydrogens is 240 g/mol. The fourth-order valence-electron chi connectivity index (χ4n) is 2.03. The summed E-state index contributed by atoms with van der Waals surface area (Å²) in [5.41, 5.74) is 0.884. The van der Waals surface area contributed by atoms with Crippen molar-refractivity contribution in [3.63, 3.8) is 0 Å². The summed E-state index contributed by atoms with van der Waals surface area (Å²) in [4.78, 5) is 11.8. The van der Waals surface area contributed by atoms with Crippen LogP contribution in [0.3, 0.4) is 0 Å². The molecule has 4 atom stereocenters. The van der Waals surface area contributed by atoms with Gasteiger partial charge in [0.15, 0.2) is 11.9 Å². The van der Waals surface area contributed by atoms with Crippen molar-refractivity contribution in [2.45, 2.75) is 24.5 Å². The predicted molar refractivity (Wildman–Crippen MR) is 57.2 cm³/mol. The number of aromatic nitrogens is 4. The summed E-state index contributed by atoms with van der Waals surface area (Å²) in [7, 11) is 0. The van der Waals surface area contributed by atoms with Gasteiger partial charge in [0, 0.05) is 0 Å². The predicted octanol–water partition coefficient (Wildman–Crippen LogP) is -1.76. The van der Waals surface area contributed by atoms with Gasteiger partial charge in [0.1, 0.15) is 36.4 Å². The van der Waals surface area contributed by atoms with Crippen LogP contribution in [-0.4, -0.2) is 59.8 Å². The highest BCUT2D eigenvalue weighted by Crippen LogP contribution is 2.30. The quantitative estimate of drug-likeness (QED) is 0.579. The van der Waals surface area contributed by atoms with Crippen LogP contribution in [0.2, 0.25) is 0 Å². The Morgan fingerprint density at radius 3 is 2.89 bits per heavy atom. The zero-order valence-electron chi connectivity index (χ0n) is 9.21. The van der Waals surface area contributed by atoms with Crippen LogP contribution in [0, 0.1) is 6.20 Å². The van der Waals surface area contributed by atoms with E-state index < -0.39 is 24.5 Å². The molecule has 1 aliphatic rings. The third-order valence-electron chi connectivity index (χ3n) is 2.97. The van der Waals surface area contributed by atoms with Gasteiger partial charge in [0.25, 0.3) is 0 Å². The van der Waals surface area contributed by atoms with Crippen molar-refractivity contribution < 1.29 is 20.1 Å². The van der Waals surface area contributed by atoms with Crippen LogP contribution in [0.1, 0.15) is 6.23 Å². The van der Waals surface area contributed by atoms with Crippen molar-refractivity contribution in [1.29, 1.82) is 0 Å². The van der Waals surface area contributed by atoms with Crippen LogP contribution in [0.5, 0.6) is 0 Å². The summed E-state index contributed by atoms with van der Waals surface area (Å²) in [6, 6.07) is 0. The Morgan fingerprint density at radius 1 is 1.33 bits per heavy atom. The standard InChI is InChI=1S/C10H11N4O4/c15-2-6-7(16)8(17)10(18-6)14-4-13-5-1-11-3-12-9(5)14/h3-4,6-8,10,15-17H,2H2/t6-,7-,8-,10-/m1/s1. The number of nitrogens with zero attached hydrogens (tertiary/aromatic N) is 4. The van der Waals surface area contributed by atoms with Gasteiger partial charge >= 0.3 is 0 Å². The minimum absolute atomic E-state index is 0.373. The molecule has 18 heavy (non-hydrogen) atoms. The Morgan fingerprint density at radius 2 is 2.17 bits per heavy atom. The van der Waals surface area contributed by atoms with Crippen LogP contribution >= 0.6 is 0 Å². The minimum Gasteiger partial charge on any atom is -0.394 e. The van der Waals surface area contributed by atoms with Gasteiger partial charge in [0.05, 0.1) is 12.9 Å². The van der Waals surface area contributed by atoms with Gasteiger partial charge in [-0.2, -0.15) is 0 Å². The largest absolute Gasteiger partial charge is 0.394 e. The molecule has 8 nitrogen and oxygen atoms in total. The van der Waals surface area contributed by atoms with E-state index in [0.717, 1.165) is 0 Å². The number of hydrogen-bond acceptors (Lipinski definition) is 7. The lowest BCUT2D eigenvalue weighted by atomic mass is 10.1. The summed E-state index contributed by atoms with van der Waals surface area (Å²) in [6.45, 7) is -0.373. The number of ether oxygens (including phenoxy) is 1. The van der Waals surface area contributed by atoms with Crippen molar-refractivity contribution in [2.75, 3.05) is 6.61 Å². The third-order valence-corrected chi connectivity index (χ3v) is 2.97. The highest BCUT2D eigenvalue weighted by molar-refractivity contribution is 5.68. The number of rotatable bonds is 2. The van der Waals surface area contributed by atoms with E-state index in [9.17, 15) is 10.2 Å². The van der Waals surface area contributed by atoms with Gasteiger partial charge in [-0.1, -0.05) is 0 Å². The molecule has 3 N–H and O–H groups in total. The van der Waals surface area contributed by atoms with Crippen molar-refractivity contribution >= 4 is 11.2 Å². The first-order valence-corrected chi connectivity index (χ1v) is 5.40. The average Bonchev–Trinajstić information content (AvgIpc) is 2.93. The average molecular weight is 251 g/mol. The van der Waals surface area contributed by atoms with E-state index in [-0.39, 0.29) is 6.61 Å². The number of aliphatic hydroxyl groups excluding tert-OH is 3. The molecule has 3 heterocycles. The Balaban J connectivity index is 2.00. The summed E-state index contributed by atoms with van der Waals surface area (Å²) in [5, 5.41) is 28.6. The van der Waals surface area contributed by atoms with Gasteiger partial charge in [0.2, 0.25) is 0 Å². The first kappa shape index (κ1) is 11.5. The number of fused-ring (bicyclic) bond motifs is 1.